The van der Waals surface area contributed by atoms with Crippen LogP contribution in [0.5, 0.6) is 0 Å². The highest BCUT2D eigenvalue weighted by Crippen LogP contribution is 2.16. The van der Waals surface area contributed by atoms with Gasteiger partial charge >= 0.3 is 0 Å². The van der Waals surface area contributed by atoms with E-state index in [1.807, 2.05) is 25.1 Å². The number of nitrogens with one attached hydrogen (secondary N) is 1. The molecule has 0 unspecified atom stereocenters. The van der Waals surface area contributed by atoms with E-state index >= 15 is 0 Å². The third-order valence-electron chi connectivity index (χ3n) is 2.57. The molecule has 0 aliphatic rings. The Morgan fingerprint density at radius 3 is 2.60 bits per heavy atom. The van der Waals surface area contributed by atoms with E-state index in [4.69, 9.17) is 11.6 Å². The Hall–Kier alpha value is -1.65. The number of carbonyl (C=O) groups is 1. The number of hydrogen-bond acceptors (Lipinski definition) is 2. The van der Waals surface area contributed by atoms with Crippen molar-refractivity contribution in [3.63, 3.8) is 0 Å². The van der Waals surface area contributed by atoms with Crippen LogP contribution in [0.25, 0.3) is 6.08 Å². The lowest BCUT2D eigenvalue weighted by molar-refractivity contribution is -0.111. The van der Waals surface area contributed by atoms with Crippen molar-refractivity contribution in [3.8, 4) is 0 Å². The van der Waals surface area contributed by atoms with E-state index in [-0.39, 0.29) is 5.91 Å². The van der Waals surface area contributed by atoms with Gasteiger partial charge in [-0.3, -0.25) is 4.79 Å². The summed E-state index contributed by atoms with van der Waals surface area (Å²) in [5.74, 6) is 0.297. The lowest BCUT2D eigenvalue weighted by Crippen LogP contribution is -2.09. The van der Waals surface area contributed by atoms with Crippen molar-refractivity contribution in [2.75, 3.05) is 5.32 Å². The van der Waals surface area contributed by atoms with Gasteiger partial charge in [-0.25, -0.2) is 4.98 Å². The van der Waals surface area contributed by atoms with Gasteiger partial charge in [-0.05, 0) is 58.8 Å². The van der Waals surface area contributed by atoms with Crippen molar-refractivity contribution in [2.24, 2.45) is 0 Å². The molecule has 1 N–H and O–H groups in total. The minimum Gasteiger partial charge on any atom is -0.307 e. The minimum absolute atomic E-state index is 0.228. The first-order valence-corrected chi connectivity index (χ1v) is 7.09. The van der Waals surface area contributed by atoms with Gasteiger partial charge < -0.3 is 5.32 Å². The molecule has 1 aromatic carbocycles. The number of hydrogen-bond donors (Lipinski definition) is 1. The van der Waals surface area contributed by atoms with E-state index in [1.54, 1.807) is 24.3 Å². The van der Waals surface area contributed by atoms with Crippen molar-refractivity contribution in [1.82, 2.24) is 4.98 Å². The summed E-state index contributed by atoms with van der Waals surface area (Å²) >= 11 is 9.16. The number of aromatic nitrogens is 1. The Morgan fingerprint density at radius 1 is 1.25 bits per heavy atom. The monoisotopic (exact) mass is 350 g/mol. The molecule has 0 spiro atoms. The number of nitrogens with zero attached hydrogens (tertiary/aromatic N) is 1. The number of carbonyl (C=O) groups excluding carboxylic acids is 1. The molecular weight excluding hydrogens is 340 g/mol. The fourth-order valence-electron chi connectivity index (χ4n) is 1.53. The smallest absolute Gasteiger partial charge is 0.249 e. The Bertz CT molecular complexity index is 653. The van der Waals surface area contributed by atoms with E-state index in [1.165, 1.54) is 6.08 Å². The highest BCUT2D eigenvalue weighted by Gasteiger charge is 2.01. The van der Waals surface area contributed by atoms with E-state index in [9.17, 15) is 4.79 Å². The van der Waals surface area contributed by atoms with Crippen LogP contribution in [-0.4, -0.2) is 10.9 Å². The predicted octanol–water partition coefficient (Wildman–Crippen LogP) is 4.46. The minimum atomic E-state index is -0.228. The number of amides is 1. The van der Waals surface area contributed by atoms with Crippen molar-refractivity contribution >= 4 is 45.3 Å². The summed E-state index contributed by atoms with van der Waals surface area (Å²) in [5, 5.41) is 3.38. The summed E-state index contributed by atoms with van der Waals surface area (Å²) in [6, 6.07) is 10.8. The van der Waals surface area contributed by atoms with Crippen LogP contribution in [0.2, 0.25) is 5.02 Å². The zero-order valence-corrected chi connectivity index (χ0v) is 13.1. The summed E-state index contributed by atoms with van der Waals surface area (Å²) in [7, 11) is 0. The quantitative estimate of drug-likeness (QED) is 0.830. The third-order valence-corrected chi connectivity index (χ3v) is 3.66. The molecule has 0 bridgehead atoms. The average molecular weight is 352 g/mol. The van der Waals surface area contributed by atoms with E-state index in [0.29, 0.717) is 10.8 Å². The van der Waals surface area contributed by atoms with Crippen LogP contribution < -0.4 is 5.32 Å². The first-order chi connectivity index (χ1) is 9.54. The molecule has 5 heteroatoms. The van der Waals surface area contributed by atoms with Gasteiger partial charge in [0.15, 0.2) is 0 Å². The van der Waals surface area contributed by atoms with Crippen LogP contribution in [0.1, 0.15) is 11.3 Å². The van der Waals surface area contributed by atoms with E-state index in [0.717, 1.165) is 15.7 Å². The summed E-state index contributed by atoms with van der Waals surface area (Å²) < 4.78 is 0.909. The van der Waals surface area contributed by atoms with Gasteiger partial charge in [-0.1, -0.05) is 23.7 Å². The van der Waals surface area contributed by atoms with Crippen LogP contribution in [0.15, 0.2) is 46.9 Å². The standard InChI is InChI=1S/C15H12BrClN2O/c1-10-13(16)7-8-14(18-10)19-15(20)9-4-11-2-5-12(17)6-3-11/h2-9H,1H3,(H,18,19,20). The lowest BCUT2D eigenvalue weighted by Gasteiger charge is -2.03. The highest BCUT2D eigenvalue weighted by molar-refractivity contribution is 9.10. The number of aryl methyl sites for hydroxylation is 1. The molecule has 1 amide bonds. The molecule has 2 rings (SSSR count). The lowest BCUT2D eigenvalue weighted by atomic mass is 10.2. The molecule has 20 heavy (non-hydrogen) atoms. The first kappa shape index (κ1) is 14.8. The molecule has 0 aliphatic carbocycles. The number of anilines is 1. The summed E-state index contributed by atoms with van der Waals surface area (Å²) in [4.78, 5) is 16.0. The van der Waals surface area contributed by atoms with Gasteiger partial charge in [0, 0.05) is 15.6 Å². The summed E-state index contributed by atoms with van der Waals surface area (Å²) in [5.41, 5.74) is 1.73. The maximum absolute atomic E-state index is 11.8. The molecule has 0 aliphatic heterocycles. The molecule has 2 aromatic rings. The van der Waals surface area contributed by atoms with Crippen LogP contribution in [0.4, 0.5) is 5.82 Å². The van der Waals surface area contributed by atoms with Gasteiger partial charge in [0.2, 0.25) is 5.91 Å². The molecule has 0 saturated carbocycles. The zero-order chi connectivity index (χ0) is 14.5. The Labute approximate surface area is 130 Å². The van der Waals surface area contributed by atoms with Crippen molar-refractivity contribution in [1.29, 1.82) is 0 Å². The normalized spacial score (nSPS) is 10.8. The van der Waals surface area contributed by atoms with Crippen LogP contribution >= 0.6 is 27.5 Å². The fourth-order valence-corrected chi connectivity index (χ4v) is 1.87. The largest absolute Gasteiger partial charge is 0.307 e. The average Bonchev–Trinajstić information content (AvgIpc) is 2.42. The molecule has 0 saturated heterocycles. The predicted molar refractivity (Wildman–Crippen MR) is 85.8 cm³/mol. The molecule has 0 fully saturated rings. The second-order valence-corrected chi connectivity index (χ2v) is 5.43. The SMILES string of the molecule is Cc1nc(NC(=O)C=Cc2ccc(Cl)cc2)ccc1Br. The van der Waals surface area contributed by atoms with Gasteiger partial charge in [-0.2, -0.15) is 0 Å². The Morgan fingerprint density at radius 2 is 1.95 bits per heavy atom. The van der Waals surface area contributed by atoms with Crippen LogP contribution in [0.3, 0.4) is 0 Å². The van der Waals surface area contributed by atoms with Crippen molar-refractivity contribution in [3.05, 3.63) is 63.2 Å². The number of pyridine rings is 1. The van der Waals surface area contributed by atoms with Crippen molar-refractivity contribution in [2.45, 2.75) is 6.92 Å². The van der Waals surface area contributed by atoms with Gasteiger partial charge in [0.1, 0.15) is 5.82 Å². The second kappa shape index (κ2) is 6.68. The first-order valence-electron chi connectivity index (χ1n) is 5.92. The van der Waals surface area contributed by atoms with E-state index < -0.39 is 0 Å². The summed E-state index contributed by atoms with van der Waals surface area (Å²) in [6.45, 7) is 1.86. The molecule has 102 valence electrons. The molecule has 1 aromatic heterocycles. The maximum atomic E-state index is 11.8. The van der Waals surface area contributed by atoms with Crippen LogP contribution in [-0.2, 0) is 4.79 Å². The van der Waals surface area contributed by atoms with Gasteiger partial charge in [-0.15, -0.1) is 0 Å². The Balaban J connectivity index is 2.01. The molecule has 1 heterocycles. The Kier molecular flexibility index (Phi) is 4.93. The third kappa shape index (κ3) is 4.18. The topological polar surface area (TPSA) is 42.0 Å². The van der Waals surface area contributed by atoms with Gasteiger partial charge in [0.25, 0.3) is 0 Å². The number of rotatable bonds is 3. The maximum Gasteiger partial charge on any atom is 0.249 e. The molecular formula is C15H12BrClN2O. The number of halogens is 2. The summed E-state index contributed by atoms with van der Waals surface area (Å²) in [6.07, 6.45) is 3.18. The highest BCUT2D eigenvalue weighted by atomic mass is 79.9. The number of benzene rings is 1. The van der Waals surface area contributed by atoms with Crippen LogP contribution in [0, 0.1) is 6.92 Å². The molecule has 3 nitrogen and oxygen atoms in total. The van der Waals surface area contributed by atoms with Crippen molar-refractivity contribution < 1.29 is 4.79 Å². The van der Waals surface area contributed by atoms with Gasteiger partial charge in [0.05, 0.1) is 5.69 Å². The molecule has 0 radical (unpaired) electrons. The van der Waals surface area contributed by atoms with E-state index in [2.05, 4.69) is 26.2 Å². The molecule has 0 atom stereocenters. The second-order valence-electron chi connectivity index (χ2n) is 4.14. The fraction of sp³-hybridized carbons (Fsp3) is 0.0667. The zero-order valence-electron chi connectivity index (χ0n) is 10.7.